The first-order chi connectivity index (χ1) is 14.9. The second kappa shape index (κ2) is 10.1. The van der Waals surface area contributed by atoms with E-state index >= 15 is 0 Å². The van der Waals surface area contributed by atoms with Gasteiger partial charge in [0.05, 0.1) is 32.2 Å². The minimum atomic E-state index is -0.579. The second-order valence-electron chi connectivity index (χ2n) is 7.34. The lowest BCUT2D eigenvalue weighted by atomic mass is 9.81. The summed E-state index contributed by atoms with van der Waals surface area (Å²) in [6.45, 7) is 5.95. The minimum absolute atomic E-state index is 0.209. The standard InChI is InChI=1S/C23H27N3O5/c1-15-20(22(27)29-4)16(2)25-17(3)21(15)23(28)31-13-5-12-30-19-8-6-18(7-9-19)26-11-10-24-14-26/h6-11,14-15,20H,5,12-13H2,1-4H3. The molecule has 164 valence electrons. The number of hydrogen-bond acceptors (Lipinski definition) is 7. The summed E-state index contributed by atoms with van der Waals surface area (Å²) in [6, 6.07) is 7.65. The number of ether oxygens (including phenoxy) is 3. The molecule has 0 fully saturated rings. The average Bonchev–Trinajstić information content (AvgIpc) is 3.28. The first-order valence-electron chi connectivity index (χ1n) is 10.1. The van der Waals surface area contributed by atoms with Crippen LogP contribution in [0.5, 0.6) is 5.75 Å². The normalized spacial score (nSPS) is 18.4. The van der Waals surface area contributed by atoms with Crippen LogP contribution in [0.1, 0.15) is 27.2 Å². The zero-order valence-corrected chi connectivity index (χ0v) is 18.2. The smallest absolute Gasteiger partial charge is 0.336 e. The number of rotatable bonds is 8. The third-order valence-electron chi connectivity index (χ3n) is 5.24. The number of esters is 2. The van der Waals surface area contributed by atoms with Crippen molar-refractivity contribution in [2.24, 2.45) is 16.8 Å². The van der Waals surface area contributed by atoms with Crippen molar-refractivity contribution in [2.75, 3.05) is 20.3 Å². The van der Waals surface area contributed by atoms with Crippen LogP contribution in [0.15, 0.2) is 59.2 Å². The van der Waals surface area contributed by atoms with Gasteiger partial charge in [-0.05, 0) is 38.1 Å². The predicted molar refractivity (Wildman–Crippen MR) is 115 cm³/mol. The van der Waals surface area contributed by atoms with Gasteiger partial charge in [0.1, 0.15) is 11.7 Å². The van der Waals surface area contributed by atoms with E-state index in [1.807, 2.05) is 42.0 Å². The molecule has 1 aromatic heterocycles. The fourth-order valence-corrected chi connectivity index (χ4v) is 3.71. The average molecular weight is 425 g/mol. The van der Waals surface area contributed by atoms with E-state index in [0.717, 1.165) is 11.4 Å². The maximum Gasteiger partial charge on any atom is 0.336 e. The molecule has 8 heteroatoms. The molecule has 8 nitrogen and oxygen atoms in total. The zero-order valence-electron chi connectivity index (χ0n) is 18.2. The Morgan fingerprint density at radius 2 is 1.87 bits per heavy atom. The minimum Gasteiger partial charge on any atom is -0.493 e. The summed E-state index contributed by atoms with van der Waals surface area (Å²) in [5, 5.41) is 0. The van der Waals surface area contributed by atoms with Crippen LogP contribution >= 0.6 is 0 Å². The van der Waals surface area contributed by atoms with E-state index in [1.165, 1.54) is 7.11 Å². The van der Waals surface area contributed by atoms with E-state index in [4.69, 9.17) is 14.2 Å². The van der Waals surface area contributed by atoms with Gasteiger partial charge in [0, 0.05) is 41.8 Å². The summed E-state index contributed by atoms with van der Waals surface area (Å²) < 4.78 is 17.9. The van der Waals surface area contributed by atoms with Crippen LogP contribution in [-0.2, 0) is 19.1 Å². The Kier molecular flexibility index (Phi) is 7.23. The van der Waals surface area contributed by atoms with Gasteiger partial charge in [-0.1, -0.05) is 6.92 Å². The first kappa shape index (κ1) is 22.3. The Morgan fingerprint density at radius 1 is 1.13 bits per heavy atom. The van der Waals surface area contributed by atoms with E-state index in [2.05, 4.69) is 9.98 Å². The third-order valence-corrected chi connectivity index (χ3v) is 5.24. The number of imidazole rings is 1. The number of benzene rings is 1. The summed E-state index contributed by atoms with van der Waals surface area (Å²) >= 11 is 0. The molecule has 31 heavy (non-hydrogen) atoms. The molecule has 0 amide bonds. The Bertz CT molecular complexity index is 977. The summed E-state index contributed by atoms with van der Waals surface area (Å²) in [5.74, 6) is -1.06. The van der Waals surface area contributed by atoms with Gasteiger partial charge in [-0.2, -0.15) is 0 Å². The molecule has 2 atom stereocenters. The second-order valence-corrected chi connectivity index (χ2v) is 7.34. The van der Waals surface area contributed by atoms with E-state index in [1.54, 1.807) is 26.4 Å². The van der Waals surface area contributed by atoms with Crippen LogP contribution in [0.2, 0.25) is 0 Å². The van der Waals surface area contributed by atoms with Crippen LogP contribution < -0.4 is 4.74 Å². The molecule has 0 aliphatic carbocycles. The van der Waals surface area contributed by atoms with Crippen LogP contribution in [0.3, 0.4) is 0 Å². The van der Waals surface area contributed by atoms with E-state index < -0.39 is 17.9 Å². The molecule has 0 saturated heterocycles. The van der Waals surface area contributed by atoms with Crippen molar-refractivity contribution in [3.63, 3.8) is 0 Å². The fourth-order valence-electron chi connectivity index (χ4n) is 3.71. The summed E-state index contributed by atoms with van der Waals surface area (Å²) in [7, 11) is 1.33. The van der Waals surface area contributed by atoms with Crippen molar-refractivity contribution in [3.8, 4) is 11.4 Å². The summed E-state index contributed by atoms with van der Waals surface area (Å²) in [4.78, 5) is 33.1. The molecule has 2 unspecified atom stereocenters. The number of methoxy groups -OCH3 is 1. The lowest BCUT2D eigenvalue weighted by Crippen LogP contribution is -2.36. The predicted octanol–water partition coefficient (Wildman–Crippen LogP) is 3.36. The lowest BCUT2D eigenvalue weighted by Gasteiger charge is -2.28. The van der Waals surface area contributed by atoms with Gasteiger partial charge in [0.25, 0.3) is 0 Å². The van der Waals surface area contributed by atoms with Crippen LogP contribution in [-0.4, -0.2) is 47.5 Å². The molecule has 1 aliphatic rings. The molecular formula is C23H27N3O5. The zero-order chi connectivity index (χ0) is 22.4. The highest BCUT2D eigenvalue weighted by Crippen LogP contribution is 2.32. The van der Waals surface area contributed by atoms with Gasteiger partial charge in [-0.3, -0.25) is 9.79 Å². The number of aliphatic imine (C=N–C) groups is 1. The van der Waals surface area contributed by atoms with Crippen molar-refractivity contribution in [1.29, 1.82) is 0 Å². The van der Waals surface area contributed by atoms with Gasteiger partial charge in [-0.25, -0.2) is 9.78 Å². The molecule has 0 saturated carbocycles. The molecule has 2 aromatic rings. The monoisotopic (exact) mass is 425 g/mol. The molecule has 3 rings (SSSR count). The van der Waals surface area contributed by atoms with Gasteiger partial charge < -0.3 is 18.8 Å². The van der Waals surface area contributed by atoms with Crippen LogP contribution in [0, 0.1) is 11.8 Å². The van der Waals surface area contributed by atoms with Crippen molar-refractivity contribution in [3.05, 3.63) is 54.3 Å². The number of hydrogen-bond donors (Lipinski definition) is 0. The topological polar surface area (TPSA) is 92.0 Å². The highest BCUT2D eigenvalue weighted by molar-refractivity contribution is 6.05. The van der Waals surface area contributed by atoms with E-state index in [0.29, 0.717) is 30.0 Å². The summed E-state index contributed by atoms with van der Waals surface area (Å²) in [5.41, 5.74) is 2.62. The number of carbonyl (C=O) groups excluding carboxylic acids is 2. The van der Waals surface area contributed by atoms with Crippen molar-refractivity contribution in [1.82, 2.24) is 9.55 Å². The number of allylic oxidation sites excluding steroid dienone is 1. The van der Waals surface area contributed by atoms with Gasteiger partial charge in [0.15, 0.2) is 0 Å². The molecule has 0 radical (unpaired) electrons. The quantitative estimate of drug-likeness (QED) is 0.476. The van der Waals surface area contributed by atoms with Crippen molar-refractivity contribution >= 4 is 17.7 Å². The van der Waals surface area contributed by atoms with Gasteiger partial charge >= 0.3 is 11.9 Å². The van der Waals surface area contributed by atoms with E-state index in [9.17, 15) is 9.59 Å². The summed E-state index contributed by atoms with van der Waals surface area (Å²) in [6.07, 6.45) is 5.86. The molecule has 0 N–H and O–H groups in total. The Balaban J connectivity index is 1.47. The molecule has 0 spiro atoms. The fraction of sp³-hybridized carbons (Fsp3) is 0.391. The lowest BCUT2D eigenvalue weighted by molar-refractivity contribution is -0.144. The molecular weight excluding hydrogens is 398 g/mol. The van der Waals surface area contributed by atoms with Crippen molar-refractivity contribution < 1.29 is 23.8 Å². The van der Waals surface area contributed by atoms with E-state index in [-0.39, 0.29) is 12.5 Å². The molecule has 0 bridgehead atoms. The molecule has 1 aromatic carbocycles. The largest absolute Gasteiger partial charge is 0.493 e. The maximum atomic E-state index is 12.6. The SMILES string of the molecule is COC(=O)C1C(C)=NC(C)=C(C(=O)OCCCOc2ccc(-n3ccnc3)cc2)C1C. The highest BCUT2D eigenvalue weighted by atomic mass is 16.5. The first-order valence-corrected chi connectivity index (χ1v) is 10.1. The molecule has 1 aliphatic heterocycles. The Morgan fingerprint density at radius 3 is 2.52 bits per heavy atom. The van der Waals surface area contributed by atoms with Gasteiger partial charge in [0.2, 0.25) is 0 Å². The highest BCUT2D eigenvalue weighted by Gasteiger charge is 2.38. The third kappa shape index (κ3) is 5.20. The van der Waals surface area contributed by atoms with Crippen molar-refractivity contribution in [2.45, 2.75) is 27.2 Å². The number of carbonyl (C=O) groups is 2. The van der Waals surface area contributed by atoms with Crippen LogP contribution in [0.25, 0.3) is 5.69 Å². The number of aromatic nitrogens is 2. The van der Waals surface area contributed by atoms with Gasteiger partial charge in [-0.15, -0.1) is 0 Å². The molecule has 2 heterocycles. The maximum absolute atomic E-state index is 12.6. The Hall–Kier alpha value is -3.42. The van der Waals surface area contributed by atoms with Crippen LogP contribution in [0.4, 0.5) is 0 Å². The number of nitrogens with zero attached hydrogens (tertiary/aromatic N) is 3. The Labute approximate surface area is 181 Å².